The molecule has 3 nitrogen and oxygen atoms in total. The number of ether oxygens (including phenoxy) is 1. The fraction of sp³-hybridized carbons (Fsp3) is 0.257. The fourth-order valence-corrected chi connectivity index (χ4v) is 5.35. The number of allylic oxidation sites excluding steroid dienone is 1. The lowest BCUT2D eigenvalue weighted by molar-refractivity contribution is -0.137. The highest BCUT2D eigenvalue weighted by Gasteiger charge is 2.34. The van der Waals surface area contributed by atoms with E-state index in [-0.39, 0.29) is 29.3 Å². The molecule has 4 aromatic rings. The number of alkyl halides is 3. The van der Waals surface area contributed by atoms with Crippen LogP contribution in [0.3, 0.4) is 0 Å². The van der Waals surface area contributed by atoms with Gasteiger partial charge >= 0.3 is 6.18 Å². The van der Waals surface area contributed by atoms with E-state index in [9.17, 15) is 18.3 Å². The Morgan fingerprint density at radius 1 is 0.905 bits per heavy atom. The summed E-state index contributed by atoms with van der Waals surface area (Å²) < 4.78 is 47.1. The van der Waals surface area contributed by atoms with E-state index in [4.69, 9.17) is 16.3 Å². The number of benzene rings is 4. The zero-order valence-electron chi connectivity index (χ0n) is 23.5. The Balaban J connectivity index is 1.59. The molecule has 1 N–H and O–H groups in total. The van der Waals surface area contributed by atoms with E-state index in [1.54, 1.807) is 6.07 Å². The predicted octanol–water partition coefficient (Wildman–Crippen LogP) is 9.46. The molecule has 4 aromatic carbocycles. The van der Waals surface area contributed by atoms with Gasteiger partial charge in [-0.2, -0.15) is 13.2 Å². The molecule has 0 aromatic heterocycles. The first-order valence-electron chi connectivity index (χ1n) is 13.9. The Hall–Kier alpha value is -3.74. The summed E-state index contributed by atoms with van der Waals surface area (Å²) in [6.45, 7) is 6.82. The van der Waals surface area contributed by atoms with E-state index in [0.717, 1.165) is 22.8 Å². The number of aliphatic hydroxyl groups excluding tert-OH is 1. The molecular formula is C35H35ClF3NO2. The average Bonchev–Trinajstić information content (AvgIpc) is 2.96. The van der Waals surface area contributed by atoms with Gasteiger partial charge in [-0.25, -0.2) is 0 Å². The molecular weight excluding hydrogens is 559 g/mol. The van der Waals surface area contributed by atoms with Crippen LogP contribution in [-0.4, -0.2) is 29.2 Å². The number of halogens is 4. The molecule has 7 heteroatoms. The molecule has 1 unspecified atom stereocenters. The van der Waals surface area contributed by atoms with Gasteiger partial charge in [0.05, 0.1) is 23.0 Å². The fourth-order valence-electron chi connectivity index (χ4n) is 5.06. The van der Waals surface area contributed by atoms with Crippen molar-refractivity contribution in [1.82, 2.24) is 4.90 Å². The highest BCUT2D eigenvalue weighted by Crippen LogP contribution is 2.37. The number of rotatable bonds is 13. The van der Waals surface area contributed by atoms with Crippen molar-refractivity contribution in [3.63, 3.8) is 0 Å². The van der Waals surface area contributed by atoms with Gasteiger partial charge in [-0.3, -0.25) is 4.90 Å². The Labute approximate surface area is 250 Å². The summed E-state index contributed by atoms with van der Waals surface area (Å²) in [5, 5.41) is 9.27. The van der Waals surface area contributed by atoms with Gasteiger partial charge in [-0.15, -0.1) is 0 Å². The molecule has 0 fully saturated rings. The minimum Gasteiger partial charge on any atom is -0.513 e. The van der Waals surface area contributed by atoms with Crippen LogP contribution in [0.15, 0.2) is 115 Å². The summed E-state index contributed by atoms with van der Waals surface area (Å²) in [5.74, 6) is 0.750. The maximum Gasteiger partial charge on any atom is 0.417 e. The van der Waals surface area contributed by atoms with Gasteiger partial charge < -0.3 is 9.84 Å². The van der Waals surface area contributed by atoms with E-state index >= 15 is 0 Å². The van der Waals surface area contributed by atoms with E-state index < -0.39 is 11.7 Å². The molecule has 1 atom stereocenters. The Bertz CT molecular complexity index is 1400. The van der Waals surface area contributed by atoms with Crippen molar-refractivity contribution in [1.29, 1.82) is 0 Å². The lowest BCUT2D eigenvalue weighted by Gasteiger charge is -2.34. The molecule has 42 heavy (non-hydrogen) atoms. The van der Waals surface area contributed by atoms with Gasteiger partial charge in [-0.1, -0.05) is 103 Å². The lowest BCUT2D eigenvalue weighted by atomic mass is 9.90. The second kappa shape index (κ2) is 14.4. The van der Waals surface area contributed by atoms with E-state index in [0.29, 0.717) is 37.3 Å². The third kappa shape index (κ3) is 8.63. The second-order valence-corrected chi connectivity index (χ2v) is 10.8. The molecule has 0 saturated heterocycles. The normalized spacial score (nSPS) is 12.5. The summed E-state index contributed by atoms with van der Waals surface area (Å²) in [6, 6.07) is 31.8. The Morgan fingerprint density at radius 2 is 1.52 bits per heavy atom. The minimum absolute atomic E-state index is 0.0106. The van der Waals surface area contributed by atoms with Crippen molar-refractivity contribution in [2.45, 2.75) is 44.4 Å². The van der Waals surface area contributed by atoms with Gasteiger partial charge in [0.2, 0.25) is 0 Å². The van der Waals surface area contributed by atoms with E-state index in [1.807, 2.05) is 60.7 Å². The third-order valence-electron chi connectivity index (χ3n) is 7.31. The van der Waals surface area contributed by atoms with Gasteiger partial charge in [0.15, 0.2) is 0 Å². The maximum absolute atomic E-state index is 13.7. The topological polar surface area (TPSA) is 32.7 Å². The molecule has 0 radical (unpaired) electrons. The van der Waals surface area contributed by atoms with Crippen molar-refractivity contribution in [2.24, 2.45) is 0 Å². The molecule has 0 saturated carbocycles. The summed E-state index contributed by atoms with van der Waals surface area (Å²) in [5.41, 5.74) is 2.73. The summed E-state index contributed by atoms with van der Waals surface area (Å²) in [4.78, 5) is 2.18. The Kier molecular flexibility index (Phi) is 10.7. The van der Waals surface area contributed by atoms with Crippen molar-refractivity contribution < 1.29 is 23.0 Å². The lowest BCUT2D eigenvalue weighted by Crippen LogP contribution is -2.37. The predicted molar refractivity (Wildman–Crippen MR) is 163 cm³/mol. The van der Waals surface area contributed by atoms with Crippen LogP contribution in [0.1, 0.15) is 47.1 Å². The highest BCUT2D eigenvalue weighted by molar-refractivity contribution is 6.32. The molecule has 4 rings (SSSR count). The number of hydrogen-bond acceptors (Lipinski definition) is 3. The molecule has 0 bridgehead atoms. The maximum atomic E-state index is 13.7. The average molecular weight is 594 g/mol. The van der Waals surface area contributed by atoms with E-state index in [1.165, 1.54) is 6.07 Å². The SMILES string of the molecule is C=C(O)Cc1cccc(OCCC(C)N(Cc2cccc(C(F)(F)F)c2Cl)CC(c2ccccc2)c2ccccc2)c1. The van der Waals surface area contributed by atoms with Crippen molar-refractivity contribution in [3.8, 4) is 5.75 Å². The largest absolute Gasteiger partial charge is 0.513 e. The van der Waals surface area contributed by atoms with Gasteiger partial charge in [-0.05, 0) is 53.8 Å². The van der Waals surface area contributed by atoms with Crippen LogP contribution >= 0.6 is 11.6 Å². The summed E-state index contributed by atoms with van der Waals surface area (Å²) >= 11 is 6.35. The summed E-state index contributed by atoms with van der Waals surface area (Å²) in [6.07, 6.45) is -3.56. The van der Waals surface area contributed by atoms with Crippen LogP contribution < -0.4 is 4.74 Å². The van der Waals surface area contributed by atoms with Crippen molar-refractivity contribution >= 4 is 11.6 Å². The minimum atomic E-state index is -4.54. The molecule has 0 aliphatic heterocycles. The van der Waals surface area contributed by atoms with Crippen LogP contribution in [0.2, 0.25) is 5.02 Å². The first kappa shape index (κ1) is 31.2. The molecule has 0 heterocycles. The van der Waals surface area contributed by atoms with Crippen LogP contribution in [-0.2, 0) is 19.1 Å². The zero-order chi connectivity index (χ0) is 30.1. The first-order valence-corrected chi connectivity index (χ1v) is 14.3. The number of nitrogens with zero attached hydrogens (tertiary/aromatic N) is 1. The third-order valence-corrected chi connectivity index (χ3v) is 7.76. The molecule has 0 aliphatic carbocycles. The van der Waals surface area contributed by atoms with Gasteiger partial charge in [0.25, 0.3) is 0 Å². The standard InChI is InChI=1S/C35H35ClF3NO2/c1-25(19-20-42-31-17-9-11-27(22-31)21-26(2)41)40(23-30-16-10-18-33(34(30)36)35(37,38)39)24-32(28-12-5-3-6-13-28)29-14-7-4-8-15-29/h3-18,22,25,32,41H,2,19-21,23-24H2,1H3. The summed E-state index contributed by atoms with van der Waals surface area (Å²) in [7, 11) is 0. The van der Waals surface area contributed by atoms with Gasteiger partial charge in [0.1, 0.15) is 5.75 Å². The van der Waals surface area contributed by atoms with Crippen molar-refractivity contribution in [3.05, 3.63) is 148 Å². The monoisotopic (exact) mass is 593 g/mol. The van der Waals surface area contributed by atoms with E-state index in [2.05, 4.69) is 42.7 Å². The van der Waals surface area contributed by atoms with Crippen LogP contribution in [0.4, 0.5) is 13.2 Å². The van der Waals surface area contributed by atoms with Crippen LogP contribution in [0.5, 0.6) is 5.75 Å². The quantitative estimate of drug-likeness (QED) is 0.157. The smallest absolute Gasteiger partial charge is 0.417 e. The van der Waals surface area contributed by atoms with Crippen LogP contribution in [0.25, 0.3) is 0 Å². The van der Waals surface area contributed by atoms with Crippen LogP contribution in [0, 0.1) is 0 Å². The number of aliphatic hydroxyl groups is 1. The first-order chi connectivity index (χ1) is 20.1. The molecule has 0 amide bonds. The molecule has 0 spiro atoms. The molecule has 0 aliphatic rings. The van der Waals surface area contributed by atoms with Crippen molar-refractivity contribution in [2.75, 3.05) is 13.2 Å². The van der Waals surface area contributed by atoms with Gasteiger partial charge in [0, 0.05) is 31.5 Å². The Morgan fingerprint density at radius 3 is 2.12 bits per heavy atom. The number of hydrogen-bond donors (Lipinski definition) is 1. The molecule has 220 valence electrons. The second-order valence-electron chi connectivity index (χ2n) is 10.5. The highest BCUT2D eigenvalue weighted by atomic mass is 35.5. The zero-order valence-corrected chi connectivity index (χ0v) is 24.3.